The van der Waals surface area contributed by atoms with Gasteiger partial charge in [-0.15, -0.1) is 0 Å². The maximum Gasteiger partial charge on any atom is 0.293 e. The highest BCUT2D eigenvalue weighted by Gasteiger charge is 2.68. The Bertz CT molecular complexity index is 585. The monoisotopic (exact) mass is 443 g/mol. The lowest BCUT2D eigenvalue weighted by molar-refractivity contribution is -0.141. The average molecular weight is 445 g/mol. The van der Waals surface area contributed by atoms with Gasteiger partial charge in [-0.3, -0.25) is 0 Å². The van der Waals surface area contributed by atoms with E-state index in [9.17, 15) is 17.6 Å². The summed E-state index contributed by atoms with van der Waals surface area (Å²) in [5, 5.41) is 0.180. The Labute approximate surface area is 161 Å². The van der Waals surface area contributed by atoms with Gasteiger partial charge in [-0.2, -0.15) is 0 Å². The first kappa shape index (κ1) is 20.7. The predicted molar refractivity (Wildman–Crippen MR) is 90.8 cm³/mol. The van der Waals surface area contributed by atoms with Gasteiger partial charge in [0.25, 0.3) is 11.8 Å². The van der Waals surface area contributed by atoms with Crippen LogP contribution in [0.3, 0.4) is 0 Å². The molecule has 1 aromatic rings. The molecule has 2 rings (SSSR count). The lowest BCUT2D eigenvalue weighted by Crippen LogP contribution is -2.57. The van der Waals surface area contributed by atoms with E-state index in [1.54, 1.807) is 12.1 Å². The van der Waals surface area contributed by atoms with E-state index in [0.717, 1.165) is 6.92 Å². The maximum atomic E-state index is 14.9. The molecule has 2 atom stereocenters. The van der Waals surface area contributed by atoms with Crippen LogP contribution in [-0.4, -0.2) is 24.8 Å². The zero-order chi connectivity index (χ0) is 18.4. The Hall–Kier alpha value is 0.380. The topological polar surface area (TPSA) is 12.9 Å². The van der Waals surface area contributed by atoms with Crippen molar-refractivity contribution < 1.29 is 17.6 Å². The number of halogens is 8. The highest BCUT2D eigenvalue weighted by Crippen LogP contribution is 2.62. The van der Waals surface area contributed by atoms with Crippen LogP contribution in [-0.2, 0) is 0 Å². The second-order valence-corrected chi connectivity index (χ2v) is 10.1. The number of nitrogens with zero attached hydrogens (tertiary/aromatic N) is 1. The summed E-state index contributed by atoms with van der Waals surface area (Å²) in [4.78, 5) is 3.88. The number of rotatable bonds is 4. The SMILES string of the molecule is C[C@H]1[C@H](C(F)(F)C(Cl)(Cl)Sc2ccccn2)CCC(F)(F)C1(Cl)Cl. The summed E-state index contributed by atoms with van der Waals surface area (Å²) in [6.45, 7) is 1.15. The molecule has 1 nitrogen and oxygen atoms in total. The zero-order valence-electron chi connectivity index (χ0n) is 12.3. The van der Waals surface area contributed by atoms with Crippen LogP contribution in [0.4, 0.5) is 17.6 Å². The van der Waals surface area contributed by atoms with Crippen molar-refractivity contribution in [1.82, 2.24) is 4.98 Å². The van der Waals surface area contributed by atoms with Crippen LogP contribution in [0.25, 0.3) is 0 Å². The minimum Gasteiger partial charge on any atom is -0.250 e. The predicted octanol–water partition coefficient (Wildman–Crippen LogP) is 6.80. The van der Waals surface area contributed by atoms with Gasteiger partial charge in [0.2, 0.25) is 3.67 Å². The number of hydrogen-bond donors (Lipinski definition) is 0. The molecule has 0 aromatic carbocycles. The molecule has 0 aliphatic heterocycles. The molecule has 0 bridgehead atoms. The Morgan fingerprint density at radius 1 is 1.25 bits per heavy atom. The Morgan fingerprint density at radius 3 is 2.42 bits per heavy atom. The number of aromatic nitrogens is 1. The molecular formula is C14H13Cl4F4NS. The molecular weight excluding hydrogens is 432 g/mol. The second kappa shape index (κ2) is 6.84. The molecule has 0 spiro atoms. The molecule has 10 heteroatoms. The van der Waals surface area contributed by atoms with E-state index in [2.05, 4.69) is 4.98 Å². The number of alkyl halides is 8. The average Bonchev–Trinajstić information content (AvgIpc) is 2.45. The summed E-state index contributed by atoms with van der Waals surface area (Å²) in [7, 11) is 0. The van der Waals surface area contributed by atoms with E-state index in [-0.39, 0.29) is 5.03 Å². The van der Waals surface area contributed by atoms with E-state index < -0.39 is 44.5 Å². The summed E-state index contributed by atoms with van der Waals surface area (Å²) in [6.07, 6.45) is 0.0195. The second-order valence-electron chi connectivity index (χ2n) is 5.67. The summed E-state index contributed by atoms with van der Waals surface area (Å²) in [6, 6.07) is 4.66. The zero-order valence-corrected chi connectivity index (χ0v) is 16.1. The van der Waals surface area contributed by atoms with Crippen molar-refractivity contribution in [3.63, 3.8) is 0 Å². The van der Waals surface area contributed by atoms with Gasteiger partial charge in [0.05, 0.1) is 5.03 Å². The number of thioether (sulfide) groups is 1. The summed E-state index contributed by atoms with van der Waals surface area (Å²) >= 11 is 23.6. The van der Waals surface area contributed by atoms with Gasteiger partial charge in [0, 0.05) is 24.5 Å². The molecule has 1 aliphatic carbocycles. The fourth-order valence-electron chi connectivity index (χ4n) is 2.66. The van der Waals surface area contributed by atoms with Gasteiger partial charge < -0.3 is 0 Å². The quantitative estimate of drug-likeness (QED) is 0.288. The molecule has 0 saturated heterocycles. The smallest absolute Gasteiger partial charge is 0.250 e. The van der Waals surface area contributed by atoms with E-state index >= 15 is 0 Å². The normalized spacial score (nSPS) is 27.0. The number of hydrogen-bond acceptors (Lipinski definition) is 2. The fourth-order valence-corrected chi connectivity index (χ4v) is 4.72. The van der Waals surface area contributed by atoms with E-state index in [0.29, 0.717) is 11.8 Å². The van der Waals surface area contributed by atoms with Crippen LogP contribution < -0.4 is 0 Å². The molecule has 0 N–H and O–H groups in total. The molecule has 1 fully saturated rings. The maximum absolute atomic E-state index is 14.9. The van der Waals surface area contributed by atoms with Gasteiger partial charge in [-0.1, -0.05) is 71.2 Å². The van der Waals surface area contributed by atoms with Crippen LogP contribution in [0.5, 0.6) is 0 Å². The lowest BCUT2D eigenvalue weighted by Gasteiger charge is -2.47. The summed E-state index contributed by atoms with van der Waals surface area (Å²) in [5.41, 5.74) is 0. The molecule has 1 saturated carbocycles. The van der Waals surface area contributed by atoms with Crippen molar-refractivity contribution in [3.05, 3.63) is 24.4 Å². The molecule has 1 heterocycles. The molecule has 24 heavy (non-hydrogen) atoms. The molecule has 0 radical (unpaired) electrons. The standard InChI is InChI=1S/C14H13Cl4F4NS/c1-8-9(5-6-11(19,20)12(8,15)16)13(21,22)14(17,18)24-10-4-2-3-7-23-10/h2-4,7-9H,5-6H2,1H3/t8-,9+/m0/s1. The highest BCUT2D eigenvalue weighted by molar-refractivity contribution is 8.03. The van der Waals surface area contributed by atoms with Crippen LogP contribution in [0.1, 0.15) is 19.8 Å². The first-order chi connectivity index (χ1) is 10.8. The van der Waals surface area contributed by atoms with Crippen molar-refractivity contribution in [2.75, 3.05) is 0 Å². The van der Waals surface area contributed by atoms with E-state index in [1.807, 2.05) is 0 Å². The molecule has 1 aromatic heterocycles. The highest BCUT2D eigenvalue weighted by atomic mass is 35.5. The van der Waals surface area contributed by atoms with Crippen LogP contribution in [0.15, 0.2) is 29.4 Å². The number of pyridine rings is 1. The van der Waals surface area contributed by atoms with Gasteiger partial charge in [0.1, 0.15) is 0 Å². The minimum absolute atomic E-state index is 0.180. The Balaban J connectivity index is 2.28. The Kier molecular flexibility index (Phi) is 5.90. The minimum atomic E-state index is -3.73. The van der Waals surface area contributed by atoms with Crippen LogP contribution >= 0.6 is 58.2 Å². The van der Waals surface area contributed by atoms with Gasteiger partial charge in [-0.05, 0) is 18.6 Å². The third-order valence-corrected chi connectivity index (χ3v) is 7.34. The van der Waals surface area contributed by atoms with Crippen molar-refractivity contribution in [3.8, 4) is 0 Å². The van der Waals surface area contributed by atoms with Crippen molar-refractivity contribution in [1.29, 1.82) is 0 Å². The Morgan fingerprint density at radius 2 is 1.88 bits per heavy atom. The third-order valence-electron chi connectivity index (χ3n) is 4.16. The summed E-state index contributed by atoms with van der Waals surface area (Å²) < 4.78 is 52.3. The third kappa shape index (κ3) is 3.59. The van der Waals surface area contributed by atoms with Crippen molar-refractivity contribution >= 4 is 58.2 Å². The first-order valence-electron chi connectivity index (χ1n) is 6.94. The summed E-state index contributed by atoms with van der Waals surface area (Å²) in [5.74, 6) is -10.3. The molecule has 0 amide bonds. The fraction of sp³-hybridized carbons (Fsp3) is 0.643. The van der Waals surface area contributed by atoms with E-state index in [4.69, 9.17) is 46.4 Å². The molecule has 136 valence electrons. The van der Waals surface area contributed by atoms with Gasteiger partial charge >= 0.3 is 0 Å². The molecule has 0 unspecified atom stereocenters. The largest absolute Gasteiger partial charge is 0.293 e. The van der Waals surface area contributed by atoms with Crippen LogP contribution in [0.2, 0.25) is 0 Å². The first-order valence-corrected chi connectivity index (χ1v) is 9.27. The van der Waals surface area contributed by atoms with Gasteiger partial charge in [0.15, 0.2) is 4.33 Å². The molecule has 1 aliphatic rings. The lowest BCUT2D eigenvalue weighted by atomic mass is 9.74. The van der Waals surface area contributed by atoms with Gasteiger partial charge in [-0.25, -0.2) is 22.5 Å². The van der Waals surface area contributed by atoms with Crippen molar-refractivity contribution in [2.24, 2.45) is 11.8 Å². The van der Waals surface area contributed by atoms with Crippen molar-refractivity contribution in [2.45, 2.75) is 44.6 Å². The van der Waals surface area contributed by atoms with Crippen LogP contribution in [0, 0.1) is 11.8 Å². The van der Waals surface area contributed by atoms with E-state index in [1.165, 1.54) is 12.3 Å².